The molecule has 0 fully saturated rings. The Labute approximate surface area is 198 Å². The second-order valence-corrected chi connectivity index (χ2v) is 7.86. The van der Waals surface area contributed by atoms with Crippen LogP contribution in [0.1, 0.15) is 30.5 Å². The van der Waals surface area contributed by atoms with E-state index >= 15 is 0 Å². The highest BCUT2D eigenvalue weighted by Gasteiger charge is 2.19. The summed E-state index contributed by atoms with van der Waals surface area (Å²) in [6.07, 6.45) is 1.60. The van der Waals surface area contributed by atoms with E-state index in [4.69, 9.17) is 4.74 Å². The molecule has 1 aromatic heterocycles. The van der Waals surface area contributed by atoms with Gasteiger partial charge in [-0.1, -0.05) is 24.3 Å². The zero-order valence-electron chi connectivity index (χ0n) is 19.2. The lowest BCUT2D eigenvalue weighted by Crippen LogP contribution is -2.33. The summed E-state index contributed by atoms with van der Waals surface area (Å²) in [5.74, 6) is 0.471. The Morgan fingerprint density at radius 3 is 2.35 bits per heavy atom. The molecular formula is C28H24N4O2. The standard InChI is InChI=1S/C28H24N4O2/c1-3-31(4-2)28(33)34-26-13-12-25-24(27(26)23-10-8-20(17-29)9-11-23)14-15-32(25)19-22-7-5-6-21(16-22)18-30/h5-16H,3-4,19H2,1-2H3. The third kappa shape index (κ3) is 4.48. The summed E-state index contributed by atoms with van der Waals surface area (Å²) in [7, 11) is 0. The SMILES string of the molecule is CCN(CC)C(=O)Oc1ccc2c(ccn2Cc2cccc(C#N)c2)c1-c1ccc(C#N)cc1. The van der Waals surface area contributed by atoms with E-state index < -0.39 is 6.09 Å². The number of amides is 1. The van der Waals surface area contributed by atoms with Crippen LogP contribution in [0.4, 0.5) is 4.79 Å². The van der Waals surface area contributed by atoms with E-state index in [2.05, 4.69) is 16.7 Å². The first-order valence-electron chi connectivity index (χ1n) is 11.2. The summed E-state index contributed by atoms with van der Waals surface area (Å²) in [5, 5.41) is 19.3. The Morgan fingerprint density at radius 2 is 1.68 bits per heavy atom. The molecule has 6 heteroatoms. The number of hydrogen-bond donors (Lipinski definition) is 0. The quantitative estimate of drug-likeness (QED) is 0.365. The van der Waals surface area contributed by atoms with Crippen LogP contribution in [0, 0.1) is 22.7 Å². The van der Waals surface area contributed by atoms with E-state index in [-0.39, 0.29) is 0 Å². The van der Waals surface area contributed by atoms with Crippen molar-refractivity contribution in [3.05, 3.63) is 89.6 Å². The molecule has 0 atom stereocenters. The summed E-state index contributed by atoms with van der Waals surface area (Å²) >= 11 is 0. The number of carbonyl (C=O) groups excluding carboxylic acids is 1. The van der Waals surface area contributed by atoms with E-state index in [9.17, 15) is 15.3 Å². The molecule has 0 aliphatic carbocycles. The van der Waals surface area contributed by atoms with Crippen LogP contribution in [0.3, 0.4) is 0 Å². The lowest BCUT2D eigenvalue weighted by molar-refractivity contribution is 0.157. The number of carbonyl (C=O) groups is 1. The molecule has 1 amide bonds. The maximum atomic E-state index is 12.7. The predicted octanol–water partition coefficient (Wildman–Crippen LogP) is 5.94. The largest absolute Gasteiger partial charge is 0.415 e. The second-order valence-electron chi connectivity index (χ2n) is 7.86. The number of ether oxygens (including phenoxy) is 1. The second kappa shape index (κ2) is 9.94. The predicted molar refractivity (Wildman–Crippen MR) is 131 cm³/mol. The van der Waals surface area contributed by atoms with Crippen LogP contribution in [-0.2, 0) is 6.54 Å². The zero-order chi connectivity index (χ0) is 24.1. The van der Waals surface area contributed by atoms with Gasteiger partial charge in [-0.3, -0.25) is 0 Å². The van der Waals surface area contributed by atoms with Gasteiger partial charge in [-0.25, -0.2) is 4.79 Å². The van der Waals surface area contributed by atoms with Gasteiger partial charge in [0.25, 0.3) is 0 Å². The minimum absolute atomic E-state index is 0.396. The van der Waals surface area contributed by atoms with Crippen molar-refractivity contribution < 1.29 is 9.53 Å². The highest BCUT2D eigenvalue weighted by atomic mass is 16.6. The molecular weight excluding hydrogens is 424 g/mol. The van der Waals surface area contributed by atoms with Gasteiger partial charge in [-0.2, -0.15) is 10.5 Å². The lowest BCUT2D eigenvalue weighted by atomic mass is 9.99. The maximum Gasteiger partial charge on any atom is 0.415 e. The molecule has 0 unspecified atom stereocenters. The van der Waals surface area contributed by atoms with E-state index in [1.165, 1.54) is 0 Å². The minimum atomic E-state index is -0.396. The lowest BCUT2D eigenvalue weighted by Gasteiger charge is -2.20. The van der Waals surface area contributed by atoms with Crippen molar-refractivity contribution in [2.45, 2.75) is 20.4 Å². The van der Waals surface area contributed by atoms with Crippen molar-refractivity contribution in [2.75, 3.05) is 13.1 Å². The van der Waals surface area contributed by atoms with Gasteiger partial charge in [0.2, 0.25) is 0 Å². The van der Waals surface area contributed by atoms with Gasteiger partial charge in [0.05, 0.1) is 23.3 Å². The van der Waals surface area contributed by atoms with E-state index in [0.717, 1.165) is 27.6 Å². The number of fused-ring (bicyclic) bond motifs is 1. The van der Waals surface area contributed by atoms with Gasteiger partial charge >= 0.3 is 6.09 Å². The Hall–Kier alpha value is -4.55. The number of hydrogen-bond acceptors (Lipinski definition) is 4. The molecule has 34 heavy (non-hydrogen) atoms. The first kappa shape index (κ1) is 22.6. The molecule has 3 aromatic carbocycles. The normalized spacial score (nSPS) is 10.5. The van der Waals surface area contributed by atoms with Crippen molar-refractivity contribution in [3.63, 3.8) is 0 Å². The first-order valence-corrected chi connectivity index (χ1v) is 11.2. The van der Waals surface area contributed by atoms with Crippen molar-refractivity contribution in [1.29, 1.82) is 10.5 Å². The van der Waals surface area contributed by atoms with E-state index in [0.29, 0.717) is 36.5 Å². The van der Waals surface area contributed by atoms with Gasteiger partial charge in [0.1, 0.15) is 5.75 Å². The van der Waals surface area contributed by atoms with Gasteiger partial charge in [0.15, 0.2) is 0 Å². The van der Waals surface area contributed by atoms with Crippen molar-refractivity contribution in [1.82, 2.24) is 9.47 Å². The molecule has 0 spiro atoms. The first-order chi connectivity index (χ1) is 16.6. The Morgan fingerprint density at radius 1 is 0.941 bits per heavy atom. The number of nitriles is 2. The molecule has 168 valence electrons. The van der Waals surface area contributed by atoms with Crippen LogP contribution in [-0.4, -0.2) is 28.6 Å². The third-order valence-corrected chi connectivity index (χ3v) is 5.85. The average molecular weight is 449 g/mol. The minimum Gasteiger partial charge on any atom is -0.410 e. The van der Waals surface area contributed by atoms with E-state index in [1.807, 2.05) is 68.6 Å². The maximum absolute atomic E-state index is 12.7. The molecule has 4 aromatic rings. The average Bonchev–Trinajstić information content (AvgIpc) is 3.27. The molecule has 4 rings (SSSR count). The van der Waals surface area contributed by atoms with Crippen LogP contribution in [0.25, 0.3) is 22.0 Å². The fourth-order valence-corrected chi connectivity index (χ4v) is 4.06. The topological polar surface area (TPSA) is 82.0 Å². The van der Waals surface area contributed by atoms with Gasteiger partial charge in [-0.15, -0.1) is 0 Å². The summed E-state index contributed by atoms with van der Waals surface area (Å²) in [4.78, 5) is 14.4. The number of nitrogens with zero attached hydrogens (tertiary/aromatic N) is 4. The van der Waals surface area contributed by atoms with Crippen LogP contribution >= 0.6 is 0 Å². The number of rotatable bonds is 6. The van der Waals surface area contributed by atoms with Crippen molar-refractivity contribution in [2.24, 2.45) is 0 Å². The molecule has 0 radical (unpaired) electrons. The summed E-state index contributed by atoms with van der Waals surface area (Å²) < 4.78 is 7.95. The highest BCUT2D eigenvalue weighted by Crippen LogP contribution is 2.38. The molecule has 0 saturated carbocycles. The third-order valence-electron chi connectivity index (χ3n) is 5.85. The molecule has 0 aliphatic rings. The number of benzene rings is 3. The molecule has 1 heterocycles. The van der Waals surface area contributed by atoms with Crippen molar-refractivity contribution >= 4 is 17.0 Å². The summed E-state index contributed by atoms with van der Waals surface area (Å²) in [6.45, 7) is 5.54. The van der Waals surface area contributed by atoms with Crippen molar-refractivity contribution in [3.8, 4) is 29.0 Å². The van der Waals surface area contributed by atoms with Crippen LogP contribution < -0.4 is 4.74 Å². The van der Waals surface area contributed by atoms with Gasteiger partial charge < -0.3 is 14.2 Å². The molecule has 6 nitrogen and oxygen atoms in total. The van der Waals surface area contributed by atoms with Gasteiger partial charge in [0, 0.05) is 42.3 Å². The summed E-state index contributed by atoms with van der Waals surface area (Å²) in [6, 6.07) is 24.9. The summed E-state index contributed by atoms with van der Waals surface area (Å²) in [5.41, 5.74) is 4.84. The fourth-order valence-electron chi connectivity index (χ4n) is 4.06. The van der Waals surface area contributed by atoms with Crippen LogP contribution in [0.2, 0.25) is 0 Å². The van der Waals surface area contributed by atoms with Crippen LogP contribution in [0.15, 0.2) is 72.9 Å². The Bertz CT molecular complexity index is 1420. The zero-order valence-corrected chi connectivity index (χ0v) is 19.2. The molecule has 0 aliphatic heterocycles. The molecule has 0 N–H and O–H groups in total. The molecule has 0 saturated heterocycles. The van der Waals surface area contributed by atoms with Gasteiger partial charge in [-0.05, 0) is 67.4 Å². The van der Waals surface area contributed by atoms with Crippen LogP contribution in [0.5, 0.6) is 5.75 Å². The highest BCUT2D eigenvalue weighted by molar-refractivity contribution is 5.99. The Kier molecular flexibility index (Phi) is 6.62. The smallest absolute Gasteiger partial charge is 0.410 e. The number of aromatic nitrogens is 1. The monoisotopic (exact) mass is 448 g/mol. The van der Waals surface area contributed by atoms with E-state index in [1.54, 1.807) is 23.1 Å². The Balaban J connectivity index is 1.81. The molecule has 0 bridgehead atoms. The fraction of sp³-hybridized carbons (Fsp3) is 0.179.